The van der Waals surface area contributed by atoms with Crippen LogP contribution in [0.3, 0.4) is 0 Å². The molecule has 0 bridgehead atoms. The predicted molar refractivity (Wildman–Crippen MR) is 382 cm³/mol. The van der Waals surface area contributed by atoms with E-state index in [1.54, 1.807) is 30.3 Å². The number of carbonyl (C=O) groups is 1. The summed E-state index contributed by atoms with van der Waals surface area (Å²) in [6.07, 6.45) is 19.5. The van der Waals surface area contributed by atoms with E-state index in [1.807, 2.05) is 36.4 Å². The zero-order valence-corrected chi connectivity index (χ0v) is 63.1. The first-order valence-corrected chi connectivity index (χ1v) is 43.8. The van der Waals surface area contributed by atoms with E-state index < -0.39 is 63.7 Å². The standard InChI is InChI=1S/C19H28N2O7S2.C18H25NO5S.C18H25NO4S.C18H23NO4S/c1-19-8-7-12-13(15(19)5-6-18(19)28-30(21,24)25)4-3-11-9-17(27-29(20,22)23)16(26-2)10-14(11)12;1-18-7-6-13-12-5-3-11(24-25(19,22)23)8-10(12)2-4-14(13)15(18)9-16(20)17(18)21;2*1-18-9-8-14-13-5-3-12(23-24(19,21)22)10-11(13)2-4-15(14)16(18)6-7-17(18)20/h9-10,12-13,15,18H,3-8H2,1-2H3,(H2,20,22,23)(H2,21,24,25);3,5,8,13-17,20-21H,2,4,6-7,9H2,1H3,(H2,19,22,23);3,5,10,14-17,20H,2,4,6-9H2,1H3,(H2,19,21,22);3,5,10,14-16H,2,4,6-9H2,1H3,(H2,19,21,22)/t12?,13?,15?,18-,19-;13?,14?,15?,16-,17+,18+;14?,15?,16?,17-,18-;14?,15?,16?,18-/m0100/s1. The Morgan fingerprint density at radius 2 is 0.806 bits per heavy atom. The Kier molecular flexibility index (Phi) is 20.6. The lowest BCUT2D eigenvalue weighted by Gasteiger charge is -2.50. The molecule has 20 atom stereocenters. The van der Waals surface area contributed by atoms with Crippen molar-refractivity contribution in [3.63, 3.8) is 0 Å². The highest BCUT2D eigenvalue weighted by Gasteiger charge is 2.60. The van der Waals surface area contributed by atoms with Gasteiger partial charge in [-0.25, -0.2) is 5.14 Å². The number of hydrogen-bond acceptors (Lipinski definition) is 20. The summed E-state index contributed by atoms with van der Waals surface area (Å²) in [4.78, 5) is 12.3. The molecule has 12 aliphatic carbocycles. The SMILES string of the molecule is COc1cc2c(cc1OS(N)(=O)=O)CCC1C2CC[C@@]2(C)C1CC[C@@H]2OS(N)(=O)=O.C[C@]12CCC3c4ccc(OS(N)(=O)=O)cc4CCC3C1CCC2=O.C[C@]12CCC3c4ccc(OS(N)(=O)=O)cc4CCC3C1CC[C@@H]2O.C[C@]12CCC3c4ccc(OS(N)(=O)=O)cc4CCC3C1C[C@@H](O)[C@@H]2O. The van der Waals surface area contributed by atoms with Crippen molar-refractivity contribution in [2.75, 3.05) is 7.11 Å². The maximum Gasteiger partial charge on any atom is 0.380 e. The second kappa shape index (κ2) is 27.9. The molecule has 30 heteroatoms. The van der Waals surface area contributed by atoms with Crippen molar-refractivity contribution in [1.82, 2.24) is 0 Å². The summed E-state index contributed by atoms with van der Waals surface area (Å²) in [5.74, 6) is 7.17. The van der Waals surface area contributed by atoms with Crippen molar-refractivity contribution in [3.05, 3.63) is 111 Å². The van der Waals surface area contributed by atoms with Gasteiger partial charge in [0.1, 0.15) is 23.0 Å². The van der Waals surface area contributed by atoms with Crippen LogP contribution in [0.1, 0.15) is 218 Å². The van der Waals surface area contributed by atoms with Crippen LogP contribution < -0.4 is 47.2 Å². The van der Waals surface area contributed by atoms with Gasteiger partial charge in [-0.05, 0) is 322 Å². The molecule has 0 amide bonds. The maximum absolute atomic E-state index is 12.3. The van der Waals surface area contributed by atoms with Crippen molar-refractivity contribution in [3.8, 4) is 28.7 Å². The van der Waals surface area contributed by atoms with Gasteiger partial charge in [-0.2, -0.15) is 62.6 Å². The van der Waals surface area contributed by atoms with Crippen LogP contribution in [0.25, 0.3) is 0 Å². The summed E-state index contributed by atoms with van der Waals surface area (Å²) in [6, 6.07) is 20.0. The van der Waals surface area contributed by atoms with Crippen LogP contribution in [0.2, 0.25) is 0 Å². The number of ketones is 1. The number of hydrogen-bond donors (Lipinski definition) is 8. The third-order valence-electron chi connectivity index (χ3n) is 27.7. The molecule has 16 rings (SSSR count). The Morgan fingerprint density at radius 3 is 1.27 bits per heavy atom. The molecular weight excluding hydrogens is 1430 g/mol. The van der Waals surface area contributed by atoms with Crippen LogP contribution >= 0.6 is 0 Å². The summed E-state index contributed by atoms with van der Waals surface area (Å²) >= 11 is 0. The smallest absolute Gasteiger partial charge is 0.380 e. The third kappa shape index (κ3) is 15.2. The van der Waals surface area contributed by atoms with E-state index in [9.17, 15) is 62.2 Å². The Morgan fingerprint density at radius 1 is 0.398 bits per heavy atom. The molecule has 0 heterocycles. The number of benzene rings is 4. The average molecular weight is 1530 g/mol. The molecule has 25 nitrogen and oxygen atoms in total. The van der Waals surface area contributed by atoms with E-state index >= 15 is 0 Å². The molecule has 0 radical (unpaired) electrons. The minimum absolute atomic E-state index is 0.0787. The Hall–Kier alpha value is -5.06. The highest BCUT2D eigenvalue weighted by atomic mass is 32.3. The van der Waals surface area contributed by atoms with Crippen molar-refractivity contribution >= 4 is 57.3 Å². The van der Waals surface area contributed by atoms with Gasteiger partial charge in [0.25, 0.3) is 0 Å². The maximum atomic E-state index is 12.3. The van der Waals surface area contributed by atoms with Gasteiger partial charge in [-0.1, -0.05) is 45.9 Å². The number of ether oxygens (including phenoxy) is 1. The van der Waals surface area contributed by atoms with Gasteiger partial charge in [0, 0.05) is 11.8 Å². The van der Waals surface area contributed by atoms with E-state index in [4.69, 9.17) is 51.3 Å². The van der Waals surface area contributed by atoms with Gasteiger partial charge < -0.3 is 36.8 Å². The largest absolute Gasteiger partial charge is 0.493 e. The Bertz CT molecular complexity index is 4550. The zero-order chi connectivity index (χ0) is 74.1. The number of aryl methyl sites for hydroxylation is 4. The quantitative estimate of drug-likeness (QED) is 0.0698. The minimum Gasteiger partial charge on any atom is -0.493 e. The van der Waals surface area contributed by atoms with Crippen LogP contribution in [0.15, 0.2) is 66.7 Å². The lowest BCUT2D eigenvalue weighted by molar-refractivity contribution is -0.129. The fourth-order valence-electron chi connectivity index (χ4n) is 23.2. The number of aliphatic hydroxyl groups is 3. The molecule has 568 valence electrons. The van der Waals surface area contributed by atoms with Crippen LogP contribution in [-0.2, 0) is 86.2 Å². The summed E-state index contributed by atoms with van der Waals surface area (Å²) in [5, 5.41) is 56.1. The molecule has 12 unspecified atom stereocenters. The fourth-order valence-corrected chi connectivity index (χ4v) is 25.3. The van der Waals surface area contributed by atoms with E-state index in [0.717, 1.165) is 157 Å². The third-order valence-corrected chi connectivity index (χ3v) is 29.9. The average Bonchev–Trinajstić information content (AvgIpc) is 1.64. The number of aliphatic hydroxyl groups excluding tert-OH is 3. The summed E-state index contributed by atoms with van der Waals surface area (Å²) < 4.78 is 143. The highest BCUT2D eigenvalue weighted by Crippen LogP contribution is 2.66. The number of fused-ring (bicyclic) bond motifs is 20. The molecular formula is C73H101N5O20S5. The van der Waals surface area contributed by atoms with Gasteiger partial charge >= 0.3 is 51.5 Å². The molecule has 0 aromatic heterocycles. The molecule has 8 fully saturated rings. The first-order chi connectivity index (χ1) is 48.2. The van der Waals surface area contributed by atoms with Gasteiger partial charge in [-0.15, -0.1) is 0 Å². The van der Waals surface area contributed by atoms with Crippen molar-refractivity contribution in [1.29, 1.82) is 0 Å². The van der Waals surface area contributed by atoms with Crippen LogP contribution in [0.5, 0.6) is 28.7 Å². The summed E-state index contributed by atoms with van der Waals surface area (Å²) in [5.41, 5.74) is 9.04. The number of Topliss-reactive ketones (excluding diaryl/α,β-unsaturated/α-hetero) is 1. The minimum atomic E-state index is -4.15. The van der Waals surface area contributed by atoms with Gasteiger partial charge in [0.15, 0.2) is 11.5 Å². The number of rotatable bonds is 11. The second-order valence-corrected chi connectivity index (χ2v) is 38.6. The monoisotopic (exact) mass is 1530 g/mol. The lowest BCUT2D eigenvalue weighted by Crippen LogP contribution is -2.45. The number of nitrogens with two attached hydrogens (primary N) is 5. The van der Waals surface area contributed by atoms with Gasteiger partial charge in [0.05, 0.1) is 31.5 Å². The van der Waals surface area contributed by atoms with E-state index in [2.05, 4.69) is 27.7 Å². The van der Waals surface area contributed by atoms with Gasteiger partial charge in [-0.3, -0.25) is 8.98 Å². The molecule has 8 saturated carbocycles. The fraction of sp³-hybridized carbons (Fsp3) is 0.658. The first-order valence-electron chi connectivity index (χ1n) is 36.4. The molecule has 12 aliphatic rings. The molecule has 103 heavy (non-hydrogen) atoms. The van der Waals surface area contributed by atoms with E-state index in [0.29, 0.717) is 95.2 Å². The molecule has 13 N–H and O–H groups in total. The van der Waals surface area contributed by atoms with Crippen LogP contribution in [0.4, 0.5) is 0 Å². The Labute approximate surface area is 606 Å². The first kappa shape index (κ1) is 76.1. The van der Waals surface area contributed by atoms with Crippen molar-refractivity contribution in [2.24, 2.45) is 94.7 Å². The van der Waals surface area contributed by atoms with E-state index in [1.165, 1.54) is 29.4 Å². The second-order valence-electron chi connectivity index (χ2n) is 32.8. The lowest BCUT2D eigenvalue weighted by atomic mass is 9.55. The van der Waals surface area contributed by atoms with Crippen molar-refractivity contribution < 1.29 is 87.9 Å². The summed E-state index contributed by atoms with van der Waals surface area (Å²) in [7, 11) is -18.7. The topological polar surface area (TPSA) is 434 Å². The molecule has 4 aromatic carbocycles. The zero-order valence-electron chi connectivity index (χ0n) is 59.1. The summed E-state index contributed by atoms with van der Waals surface area (Å²) in [6.45, 7) is 8.68. The molecule has 0 spiro atoms. The molecule has 0 saturated heterocycles. The predicted octanol–water partition coefficient (Wildman–Crippen LogP) is 8.36. The molecule has 4 aromatic rings. The number of methoxy groups -OCH3 is 1. The Balaban J connectivity index is 0.000000123. The molecule has 0 aliphatic heterocycles. The highest BCUT2D eigenvalue weighted by molar-refractivity contribution is 7.85. The van der Waals surface area contributed by atoms with E-state index in [-0.39, 0.29) is 57.0 Å². The van der Waals surface area contributed by atoms with Crippen molar-refractivity contribution in [2.45, 2.75) is 223 Å². The van der Waals surface area contributed by atoms with Crippen LogP contribution in [-0.4, -0.2) is 94.7 Å². The number of carbonyl (C=O) groups excluding carboxylic acids is 1. The normalized spacial score (nSPS) is 36.5. The van der Waals surface area contributed by atoms with Crippen LogP contribution in [0, 0.1) is 69.0 Å². The van der Waals surface area contributed by atoms with Gasteiger partial charge in [0.2, 0.25) is 0 Å².